The van der Waals surface area contributed by atoms with Crippen molar-refractivity contribution in [3.8, 4) is 0 Å². The molecule has 0 spiro atoms. The quantitative estimate of drug-likeness (QED) is 0.405. The van der Waals surface area contributed by atoms with Gasteiger partial charge in [-0.05, 0) is 25.7 Å². The van der Waals surface area contributed by atoms with Gasteiger partial charge in [-0.25, -0.2) is 4.98 Å². The molecular formula is C16H22N4O6. The van der Waals surface area contributed by atoms with E-state index in [1.807, 2.05) is 0 Å². The van der Waals surface area contributed by atoms with Crippen molar-refractivity contribution >= 4 is 11.8 Å². The molecule has 1 aromatic rings. The van der Waals surface area contributed by atoms with E-state index in [4.69, 9.17) is 4.74 Å². The van der Waals surface area contributed by atoms with E-state index in [-0.39, 0.29) is 23.5 Å². The van der Waals surface area contributed by atoms with Gasteiger partial charge >= 0.3 is 0 Å². The number of imidazole rings is 1. The number of rotatable bonds is 6. The van der Waals surface area contributed by atoms with Gasteiger partial charge in [-0.3, -0.25) is 9.59 Å². The first-order valence-corrected chi connectivity index (χ1v) is 8.80. The summed E-state index contributed by atoms with van der Waals surface area (Å²) in [5, 5.41) is 32.3. The van der Waals surface area contributed by atoms with Crippen LogP contribution in [0.5, 0.6) is 0 Å². The molecule has 2 aliphatic carbocycles. The standard InChI is InChI=1S/C16H22N4O6/c21-5-9-12(22)13(23)16(26-9)20(8-3-4-8)15(25)11-10(17-6-18-11)14(24)19-7-1-2-7/h6-9,12-13,16,21-23H,1-5H2,(H,17,18)(H,19,24)/t9-,12-,13-,16-/m1/s1. The van der Waals surface area contributed by atoms with Crippen LogP contribution in [0.25, 0.3) is 0 Å². The maximum Gasteiger partial charge on any atom is 0.277 e. The summed E-state index contributed by atoms with van der Waals surface area (Å²) < 4.78 is 5.51. The Morgan fingerprint density at radius 3 is 2.58 bits per heavy atom. The maximum atomic E-state index is 13.1. The number of ether oxygens (including phenoxy) is 1. The highest BCUT2D eigenvalue weighted by atomic mass is 16.6. The SMILES string of the molecule is O=C(NC1CC1)c1[nH]cnc1C(=O)N(C1CC1)[C@@H]1O[C@H](CO)[C@@H](O)[C@H]1O. The normalized spacial score (nSPS) is 31.0. The summed E-state index contributed by atoms with van der Waals surface area (Å²) in [6, 6.07) is -0.0310. The number of hydrogen-bond donors (Lipinski definition) is 5. The Labute approximate surface area is 149 Å². The van der Waals surface area contributed by atoms with Gasteiger partial charge < -0.3 is 35.3 Å². The number of nitrogens with one attached hydrogen (secondary N) is 2. The van der Waals surface area contributed by atoms with Crippen molar-refractivity contribution in [1.82, 2.24) is 20.2 Å². The number of nitrogens with zero attached hydrogens (tertiary/aromatic N) is 2. The van der Waals surface area contributed by atoms with Gasteiger partial charge in [-0.2, -0.15) is 0 Å². The third-order valence-electron chi connectivity index (χ3n) is 4.95. The summed E-state index contributed by atoms with van der Waals surface area (Å²) in [6.45, 7) is -0.473. The molecule has 1 saturated heterocycles. The zero-order valence-electron chi connectivity index (χ0n) is 14.0. The van der Waals surface area contributed by atoms with E-state index in [0.717, 1.165) is 25.7 Å². The highest BCUT2D eigenvalue weighted by molar-refractivity contribution is 6.05. The van der Waals surface area contributed by atoms with Crippen LogP contribution >= 0.6 is 0 Å². The Balaban J connectivity index is 1.57. The fourth-order valence-corrected chi connectivity index (χ4v) is 3.19. The molecule has 2 heterocycles. The molecule has 0 radical (unpaired) electrons. The van der Waals surface area contributed by atoms with Crippen LogP contribution in [-0.4, -0.2) is 85.2 Å². The van der Waals surface area contributed by atoms with Crippen LogP contribution in [0.4, 0.5) is 0 Å². The van der Waals surface area contributed by atoms with Gasteiger partial charge in [0.25, 0.3) is 11.8 Å². The second-order valence-corrected chi connectivity index (χ2v) is 7.05. The average molecular weight is 366 g/mol. The van der Waals surface area contributed by atoms with E-state index in [1.54, 1.807) is 0 Å². The lowest BCUT2D eigenvalue weighted by Crippen LogP contribution is -2.49. The van der Waals surface area contributed by atoms with E-state index in [0.29, 0.717) is 0 Å². The largest absolute Gasteiger partial charge is 0.394 e. The Kier molecular flexibility index (Phi) is 4.43. The van der Waals surface area contributed by atoms with Gasteiger partial charge in [0, 0.05) is 12.1 Å². The maximum absolute atomic E-state index is 13.1. The van der Waals surface area contributed by atoms with Crippen LogP contribution in [0.1, 0.15) is 46.7 Å². The van der Waals surface area contributed by atoms with Crippen molar-refractivity contribution in [3.05, 3.63) is 17.7 Å². The van der Waals surface area contributed by atoms with Gasteiger partial charge in [0.05, 0.1) is 12.9 Å². The van der Waals surface area contributed by atoms with E-state index in [9.17, 15) is 24.9 Å². The van der Waals surface area contributed by atoms with Crippen LogP contribution in [0.3, 0.4) is 0 Å². The zero-order chi connectivity index (χ0) is 18.4. The van der Waals surface area contributed by atoms with Crippen molar-refractivity contribution < 1.29 is 29.6 Å². The Bertz CT molecular complexity index is 701. The van der Waals surface area contributed by atoms with Crippen LogP contribution in [0.15, 0.2) is 6.33 Å². The molecule has 0 aromatic carbocycles. The molecule has 142 valence electrons. The molecule has 10 heteroatoms. The number of aromatic nitrogens is 2. The molecule has 3 fully saturated rings. The molecule has 1 aromatic heterocycles. The van der Waals surface area contributed by atoms with Crippen molar-refractivity contribution in [2.75, 3.05) is 6.61 Å². The first-order chi connectivity index (χ1) is 12.5. The lowest BCUT2D eigenvalue weighted by atomic mass is 10.1. The van der Waals surface area contributed by atoms with Crippen molar-refractivity contribution in [2.24, 2.45) is 0 Å². The predicted octanol–water partition coefficient (Wildman–Crippen LogP) is -1.65. The summed E-state index contributed by atoms with van der Waals surface area (Å²) in [7, 11) is 0. The number of H-pyrrole nitrogens is 1. The predicted molar refractivity (Wildman–Crippen MR) is 86.0 cm³/mol. The minimum Gasteiger partial charge on any atom is -0.394 e. The Hall–Kier alpha value is -2.01. The van der Waals surface area contributed by atoms with E-state index in [2.05, 4.69) is 15.3 Å². The summed E-state index contributed by atoms with van der Waals surface area (Å²) >= 11 is 0. The fraction of sp³-hybridized carbons (Fsp3) is 0.688. The molecule has 3 aliphatic rings. The smallest absolute Gasteiger partial charge is 0.277 e. The second kappa shape index (κ2) is 6.62. The molecule has 0 bridgehead atoms. The number of hydrogen-bond acceptors (Lipinski definition) is 7. The van der Waals surface area contributed by atoms with Gasteiger partial charge in [-0.1, -0.05) is 0 Å². The monoisotopic (exact) mass is 366 g/mol. The first kappa shape index (κ1) is 17.4. The van der Waals surface area contributed by atoms with Crippen LogP contribution in [-0.2, 0) is 4.74 Å². The second-order valence-electron chi connectivity index (χ2n) is 7.05. The molecule has 2 amide bonds. The highest BCUT2D eigenvalue weighted by Crippen LogP contribution is 2.35. The third kappa shape index (κ3) is 3.09. The number of aromatic amines is 1. The topological polar surface area (TPSA) is 148 Å². The fourth-order valence-electron chi connectivity index (χ4n) is 3.19. The minimum absolute atomic E-state index is 0.0483. The van der Waals surface area contributed by atoms with Gasteiger partial charge in [0.15, 0.2) is 11.9 Å². The van der Waals surface area contributed by atoms with Crippen molar-refractivity contribution in [3.63, 3.8) is 0 Å². The summed E-state index contributed by atoms with van der Waals surface area (Å²) in [5.41, 5.74) is 0.0204. The van der Waals surface area contributed by atoms with Crippen LogP contribution in [0.2, 0.25) is 0 Å². The lowest BCUT2D eigenvalue weighted by molar-refractivity contribution is -0.0861. The van der Waals surface area contributed by atoms with Gasteiger partial charge in [0.1, 0.15) is 24.0 Å². The minimum atomic E-state index is -1.35. The molecule has 5 N–H and O–H groups in total. The summed E-state index contributed by atoms with van der Waals surface area (Å²) in [4.78, 5) is 33.4. The van der Waals surface area contributed by atoms with Crippen molar-refractivity contribution in [2.45, 2.75) is 62.3 Å². The molecule has 4 rings (SSSR count). The molecule has 26 heavy (non-hydrogen) atoms. The number of carbonyl (C=O) groups is 2. The number of aliphatic hydroxyl groups is 3. The molecule has 0 unspecified atom stereocenters. The molecule has 10 nitrogen and oxygen atoms in total. The molecular weight excluding hydrogens is 344 g/mol. The highest BCUT2D eigenvalue weighted by Gasteiger charge is 2.51. The summed E-state index contributed by atoms with van der Waals surface area (Å²) in [6.07, 6.45) is -0.148. The number of amides is 2. The van der Waals surface area contributed by atoms with E-state index >= 15 is 0 Å². The third-order valence-corrected chi connectivity index (χ3v) is 4.95. The Morgan fingerprint density at radius 1 is 1.27 bits per heavy atom. The Morgan fingerprint density at radius 2 is 2.00 bits per heavy atom. The molecule has 4 atom stereocenters. The average Bonchev–Trinajstić information content (AvgIpc) is 3.55. The summed E-state index contributed by atoms with van der Waals surface area (Å²) in [5.74, 6) is -0.949. The number of aliphatic hydroxyl groups excluding tert-OH is 3. The van der Waals surface area contributed by atoms with Gasteiger partial charge in [0.2, 0.25) is 0 Å². The van der Waals surface area contributed by atoms with E-state index in [1.165, 1.54) is 11.2 Å². The molecule has 2 saturated carbocycles. The van der Waals surface area contributed by atoms with Crippen LogP contribution < -0.4 is 5.32 Å². The van der Waals surface area contributed by atoms with Crippen molar-refractivity contribution in [1.29, 1.82) is 0 Å². The van der Waals surface area contributed by atoms with E-state index < -0.39 is 43.0 Å². The number of carbonyl (C=O) groups excluding carboxylic acids is 2. The first-order valence-electron chi connectivity index (χ1n) is 8.80. The zero-order valence-corrected chi connectivity index (χ0v) is 14.0. The lowest BCUT2D eigenvalue weighted by Gasteiger charge is -2.30. The van der Waals surface area contributed by atoms with Crippen LogP contribution in [0, 0.1) is 0 Å². The van der Waals surface area contributed by atoms with Gasteiger partial charge in [-0.15, -0.1) is 0 Å². The molecule has 1 aliphatic heterocycles.